The maximum Gasteiger partial charge on any atom is 0.251 e. The van der Waals surface area contributed by atoms with E-state index < -0.39 is 0 Å². The molecule has 2 unspecified atom stereocenters. The van der Waals surface area contributed by atoms with Crippen molar-refractivity contribution in [1.82, 2.24) is 15.5 Å². The van der Waals surface area contributed by atoms with E-state index in [9.17, 15) is 4.79 Å². The smallest absolute Gasteiger partial charge is 0.251 e. The number of carbonyl (C=O) groups excluding carboxylic acids is 1. The van der Waals surface area contributed by atoms with E-state index in [1.54, 1.807) is 31.2 Å². The lowest BCUT2D eigenvalue weighted by atomic mass is 10.1. The summed E-state index contributed by atoms with van der Waals surface area (Å²) in [7, 11) is 0. The standard InChI is InChI=1S/C19H25N3O4/c1-13(5-8-16-4-3-11-24-16)20-19(23)15-6-9-17(10-7-15)25-12-18-21-14(2)26-22-18/h6-7,9-10,13,16H,3-5,8,11-12H2,1-2H3,(H,20,23). The van der Waals surface area contributed by atoms with Crippen LogP contribution in [0, 0.1) is 6.92 Å². The van der Waals surface area contributed by atoms with Crippen LogP contribution in [0.2, 0.25) is 0 Å². The van der Waals surface area contributed by atoms with Crippen molar-refractivity contribution in [1.29, 1.82) is 0 Å². The minimum atomic E-state index is -0.0785. The van der Waals surface area contributed by atoms with E-state index in [0.29, 0.717) is 29.1 Å². The van der Waals surface area contributed by atoms with Crippen LogP contribution in [0.25, 0.3) is 0 Å². The molecular formula is C19H25N3O4. The van der Waals surface area contributed by atoms with Crippen molar-refractivity contribution >= 4 is 5.91 Å². The molecular weight excluding hydrogens is 334 g/mol. The highest BCUT2D eigenvalue weighted by Gasteiger charge is 2.17. The molecule has 1 saturated heterocycles. The number of rotatable bonds is 8. The number of carbonyl (C=O) groups is 1. The Hall–Kier alpha value is -2.41. The quantitative estimate of drug-likeness (QED) is 0.780. The minimum absolute atomic E-state index is 0.0785. The molecule has 2 aromatic rings. The van der Waals surface area contributed by atoms with E-state index in [0.717, 1.165) is 32.3 Å². The molecule has 7 heteroatoms. The van der Waals surface area contributed by atoms with Gasteiger partial charge in [-0.3, -0.25) is 4.79 Å². The zero-order valence-corrected chi connectivity index (χ0v) is 15.2. The van der Waals surface area contributed by atoms with E-state index in [1.165, 1.54) is 0 Å². The molecule has 0 spiro atoms. The second-order valence-electron chi connectivity index (χ2n) is 6.63. The van der Waals surface area contributed by atoms with Crippen molar-refractivity contribution < 1.29 is 18.8 Å². The summed E-state index contributed by atoms with van der Waals surface area (Å²) in [5, 5.41) is 6.80. The molecule has 0 radical (unpaired) electrons. The first-order chi connectivity index (χ1) is 12.6. The Labute approximate surface area is 153 Å². The van der Waals surface area contributed by atoms with Crippen molar-refractivity contribution in [2.45, 2.75) is 58.3 Å². The van der Waals surface area contributed by atoms with Gasteiger partial charge in [-0.05, 0) is 56.9 Å². The molecule has 1 aliphatic rings. The van der Waals surface area contributed by atoms with Crippen molar-refractivity contribution in [2.75, 3.05) is 6.61 Å². The number of hydrogen-bond donors (Lipinski definition) is 1. The van der Waals surface area contributed by atoms with Gasteiger partial charge in [-0.15, -0.1) is 0 Å². The topological polar surface area (TPSA) is 86.5 Å². The zero-order valence-electron chi connectivity index (χ0n) is 15.2. The number of nitrogens with one attached hydrogen (secondary N) is 1. The van der Waals surface area contributed by atoms with Crippen LogP contribution in [0.15, 0.2) is 28.8 Å². The summed E-state index contributed by atoms with van der Waals surface area (Å²) in [5.74, 6) is 1.56. The Bertz CT molecular complexity index is 708. The average molecular weight is 359 g/mol. The van der Waals surface area contributed by atoms with E-state index in [1.807, 2.05) is 6.92 Å². The van der Waals surface area contributed by atoms with Gasteiger partial charge in [-0.2, -0.15) is 4.98 Å². The molecule has 1 aliphatic heterocycles. The third-order valence-electron chi connectivity index (χ3n) is 4.38. The zero-order chi connectivity index (χ0) is 18.4. The Morgan fingerprint density at radius 3 is 2.85 bits per heavy atom. The summed E-state index contributed by atoms with van der Waals surface area (Å²) in [5.41, 5.74) is 0.608. The first-order valence-electron chi connectivity index (χ1n) is 9.04. The largest absolute Gasteiger partial charge is 0.485 e. The highest BCUT2D eigenvalue weighted by Crippen LogP contribution is 2.18. The molecule has 1 N–H and O–H groups in total. The van der Waals surface area contributed by atoms with Crippen molar-refractivity contribution in [3.05, 3.63) is 41.5 Å². The molecule has 1 fully saturated rings. The molecule has 0 aliphatic carbocycles. The Morgan fingerprint density at radius 1 is 1.38 bits per heavy atom. The van der Waals surface area contributed by atoms with Gasteiger partial charge in [0.1, 0.15) is 5.75 Å². The van der Waals surface area contributed by atoms with Crippen LogP contribution in [0.5, 0.6) is 5.75 Å². The summed E-state index contributed by atoms with van der Waals surface area (Å²) >= 11 is 0. The fourth-order valence-corrected chi connectivity index (χ4v) is 2.94. The SMILES string of the molecule is Cc1nc(COc2ccc(C(=O)NC(C)CCC3CCCO3)cc2)no1. The lowest BCUT2D eigenvalue weighted by molar-refractivity contribution is 0.0899. The van der Waals surface area contributed by atoms with E-state index >= 15 is 0 Å². The monoisotopic (exact) mass is 359 g/mol. The van der Waals surface area contributed by atoms with Crippen LogP contribution >= 0.6 is 0 Å². The maximum absolute atomic E-state index is 12.3. The van der Waals surface area contributed by atoms with Gasteiger partial charge in [-0.1, -0.05) is 5.16 Å². The predicted octanol–water partition coefficient (Wildman–Crippen LogP) is 3.03. The molecule has 2 atom stereocenters. The Balaban J connectivity index is 1.43. The Kier molecular flexibility index (Phi) is 6.22. The van der Waals surface area contributed by atoms with Crippen LogP contribution < -0.4 is 10.1 Å². The number of aromatic nitrogens is 2. The first kappa shape index (κ1) is 18.4. The number of benzene rings is 1. The van der Waals surface area contributed by atoms with Gasteiger partial charge in [0.2, 0.25) is 11.7 Å². The minimum Gasteiger partial charge on any atom is -0.485 e. The highest BCUT2D eigenvalue weighted by molar-refractivity contribution is 5.94. The molecule has 1 aromatic heterocycles. The number of nitrogens with zero attached hydrogens (tertiary/aromatic N) is 2. The molecule has 1 aromatic carbocycles. The lowest BCUT2D eigenvalue weighted by Crippen LogP contribution is -2.33. The van der Waals surface area contributed by atoms with Crippen LogP contribution in [-0.2, 0) is 11.3 Å². The van der Waals surface area contributed by atoms with Gasteiger partial charge in [0.05, 0.1) is 6.10 Å². The second kappa shape index (κ2) is 8.80. The number of ether oxygens (including phenoxy) is 2. The average Bonchev–Trinajstić information content (AvgIpc) is 3.30. The molecule has 1 amide bonds. The van der Waals surface area contributed by atoms with Gasteiger partial charge in [0, 0.05) is 25.1 Å². The van der Waals surface area contributed by atoms with Gasteiger partial charge in [-0.25, -0.2) is 0 Å². The van der Waals surface area contributed by atoms with E-state index in [4.69, 9.17) is 14.0 Å². The van der Waals surface area contributed by atoms with Crippen LogP contribution in [0.3, 0.4) is 0 Å². The molecule has 0 saturated carbocycles. The predicted molar refractivity (Wildman–Crippen MR) is 94.9 cm³/mol. The van der Waals surface area contributed by atoms with E-state index in [2.05, 4.69) is 15.5 Å². The second-order valence-corrected chi connectivity index (χ2v) is 6.63. The highest BCUT2D eigenvalue weighted by atomic mass is 16.5. The maximum atomic E-state index is 12.3. The van der Waals surface area contributed by atoms with Gasteiger partial charge in [0.15, 0.2) is 6.61 Å². The molecule has 140 valence electrons. The van der Waals surface area contributed by atoms with Gasteiger partial charge < -0.3 is 19.3 Å². The molecule has 26 heavy (non-hydrogen) atoms. The normalized spacial score (nSPS) is 17.8. The van der Waals surface area contributed by atoms with Crippen LogP contribution in [0.1, 0.15) is 54.7 Å². The number of amides is 1. The summed E-state index contributed by atoms with van der Waals surface area (Å²) in [6.07, 6.45) is 4.54. The Morgan fingerprint density at radius 2 is 2.19 bits per heavy atom. The third-order valence-corrected chi connectivity index (χ3v) is 4.38. The summed E-state index contributed by atoms with van der Waals surface area (Å²) in [6.45, 7) is 4.85. The fourth-order valence-electron chi connectivity index (χ4n) is 2.94. The molecule has 7 nitrogen and oxygen atoms in total. The van der Waals surface area contributed by atoms with Crippen molar-refractivity contribution in [2.24, 2.45) is 0 Å². The van der Waals surface area contributed by atoms with Crippen molar-refractivity contribution in [3.63, 3.8) is 0 Å². The first-order valence-corrected chi connectivity index (χ1v) is 9.04. The summed E-state index contributed by atoms with van der Waals surface area (Å²) in [6, 6.07) is 7.14. The molecule has 3 rings (SSSR count). The van der Waals surface area contributed by atoms with Gasteiger partial charge >= 0.3 is 0 Å². The van der Waals surface area contributed by atoms with Crippen LogP contribution in [0.4, 0.5) is 0 Å². The molecule has 2 heterocycles. The summed E-state index contributed by atoms with van der Waals surface area (Å²) < 4.78 is 16.1. The molecule has 0 bridgehead atoms. The fraction of sp³-hybridized carbons (Fsp3) is 0.526. The number of aryl methyl sites for hydroxylation is 1. The third kappa shape index (κ3) is 5.29. The van der Waals surface area contributed by atoms with Crippen molar-refractivity contribution in [3.8, 4) is 5.75 Å². The van der Waals surface area contributed by atoms with Gasteiger partial charge in [0.25, 0.3) is 5.91 Å². The van der Waals surface area contributed by atoms with Crippen LogP contribution in [-0.4, -0.2) is 34.8 Å². The lowest BCUT2D eigenvalue weighted by Gasteiger charge is -2.16. The van der Waals surface area contributed by atoms with E-state index in [-0.39, 0.29) is 18.6 Å². The number of hydrogen-bond acceptors (Lipinski definition) is 6. The summed E-state index contributed by atoms with van der Waals surface area (Å²) in [4.78, 5) is 16.4.